The molecule has 0 radical (unpaired) electrons. The molecule has 1 saturated carbocycles. The first-order valence-electron chi connectivity index (χ1n) is 9.27. The van der Waals surface area contributed by atoms with Crippen molar-refractivity contribution in [1.82, 2.24) is 15.3 Å². The molecule has 1 atom stereocenters. The lowest BCUT2D eigenvalue weighted by Crippen LogP contribution is -2.44. The fourth-order valence-electron chi connectivity index (χ4n) is 3.53. The number of rotatable bonds is 5. The molecule has 4 N–H and O–H groups in total. The van der Waals surface area contributed by atoms with Gasteiger partial charge in [-0.15, -0.1) is 0 Å². The molecule has 1 aromatic rings. The van der Waals surface area contributed by atoms with Gasteiger partial charge in [0, 0.05) is 37.7 Å². The Kier molecular flexibility index (Phi) is 4.82. The van der Waals surface area contributed by atoms with Crippen LogP contribution in [0.5, 0.6) is 0 Å². The van der Waals surface area contributed by atoms with E-state index in [9.17, 15) is 0 Å². The largest absolute Gasteiger partial charge is 0.374 e. The van der Waals surface area contributed by atoms with Gasteiger partial charge >= 0.3 is 0 Å². The van der Waals surface area contributed by atoms with Gasteiger partial charge in [-0.1, -0.05) is 0 Å². The molecule has 0 bridgehead atoms. The first-order valence-corrected chi connectivity index (χ1v) is 9.27. The summed E-state index contributed by atoms with van der Waals surface area (Å²) in [7, 11) is 0. The van der Waals surface area contributed by atoms with Crippen molar-refractivity contribution in [2.75, 3.05) is 49.5 Å². The van der Waals surface area contributed by atoms with Gasteiger partial charge in [-0.25, -0.2) is 4.98 Å². The summed E-state index contributed by atoms with van der Waals surface area (Å²) in [4.78, 5) is 12.1. The van der Waals surface area contributed by atoms with Crippen molar-refractivity contribution in [2.24, 2.45) is 5.73 Å². The minimum atomic E-state index is 0.207. The van der Waals surface area contributed by atoms with Crippen molar-refractivity contribution in [3.63, 3.8) is 0 Å². The van der Waals surface area contributed by atoms with E-state index in [-0.39, 0.29) is 6.10 Å². The summed E-state index contributed by atoms with van der Waals surface area (Å²) in [6, 6.07) is 0.564. The quantitative estimate of drug-likeness (QED) is 0.714. The summed E-state index contributed by atoms with van der Waals surface area (Å²) in [5.41, 5.74) is 8.24. The summed E-state index contributed by atoms with van der Waals surface area (Å²) in [5, 5.41) is 6.96. The maximum absolute atomic E-state index is 5.85. The van der Waals surface area contributed by atoms with E-state index in [4.69, 9.17) is 20.4 Å². The van der Waals surface area contributed by atoms with Crippen LogP contribution >= 0.6 is 0 Å². The van der Waals surface area contributed by atoms with Crippen LogP contribution in [0.3, 0.4) is 0 Å². The lowest BCUT2D eigenvalue weighted by Gasteiger charge is -2.35. The normalized spacial score (nSPS) is 24.4. The van der Waals surface area contributed by atoms with E-state index in [1.807, 2.05) is 0 Å². The smallest absolute Gasteiger partial charge is 0.225 e. The standard InChI is InChI=1S/C17H28N6O/c18-6-3-13-11-23(9-10-24-13)16-14-4-7-19-8-5-15(14)21-17(22-16)20-12-1-2-12/h12-13,19H,1-11,18H2,(H,20,21,22)/t13-/m0/s1. The molecule has 2 aliphatic heterocycles. The van der Waals surface area contributed by atoms with Gasteiger partial charge < -0.3 is 26.0 Å². The minimum Gasteiger partial charge on any atom is -0.374 e. The number of nitrogens with two attached hydrogens (primary N) is 1. The highest BCUT2D eigenvalue weighted by Gasteiger charge is 2.28. The molecule has 0 unspecified atom stereocenters. The molecule has 132 valence electrons. The van der Waals surface area contributed by atoms with E-state index in [0.717, 1.165) is 63.8 Å². The first kappa shape index (κ1) is 16.1. The molecule has 2 fully saturated rings. The van der Waals surface area contributed by atoms with E-state index in [1.54, 1.807) is 0 Å². The molecule has 0 spiro atoms. The molecule has 1 aromatic heterocycles. The van der Waals surface area contributed by atoms with Crippen LogP contribution in [0.15, 0.2) is 0 Å². The number of morpholine rings is 1. The van der Waals surface area contributed by atoms with Gasteiger partial charge in [0.1, 0.15) is 5.82 Å². The van der Waals surface area contributed by atoms with Crippen molar-refractivity contribution in [1.29, 1.82) is 0 Å². The number of anilines is 2. The Morgan fingerprint density at radius 1 is 1.25 bits per heavy atom. The van der Waals surface area contributed by atoms with E-state index in [0.29, 0.717) is 12.6 Å². The maximum Gasteiger partial charge on any atom is 0.225 e. The number of nitrogens with one attached hydrogen (secondary N) is 2. The highest BCUT2D eigenvalue weighted by Crippen LogP contribution is 2.29. The van der Waals surface area contributed by atoms with Gasteiger partial charge in [0.2, 0.25) is 5.95 Å². The van der Waals surface area contributed by atoms with Crippen LogP contribution in [-0.4, -0.2) is 61.4 Å². The van der Waals surface area contributed by atoms with Crippen LogP contribution in [0.2, 0.25) is 0 Å². The Morgan fingerprint density at radius 3 is 2.96 bits per heavy atom. The predicted octanol–water partition coefficient (Wildman–Crippen LogP) is 0.293. The van der Waals surface area contributed by atoms with Gasteiger partial charge in [0.15, 0.2) is 0 Å². The molecule has 3 heterocycles. The van der Waals surface area contributed by atoms with Crippen LogP contribution in [0.4, 0.5) is 11.8 Å². The number of nitrogens with zero attached hydrogens (tertiary/aromatic N) is 3. The number of ether oxygens (including phenoxy) is 1. The van der Waals surface area contributed by atoms with Crippen LogP contribution in [0.1, 0.15) is 30.5 Å². The predicted molar refractivity (Wildman–Crippen MR) is 94.6 cm³/mol. The van der Waals surface area contributed by atoms with Gasteiger partial charge in [-0.3, -0.25) is 0 Å². The van der Waals surface area contributed by atoms with Crippen LogP contribution in [0.25, 0.3) is 0 Å². The van der Waals surface area contributed by atoms with Crippen molar-refractivity contribution < 1.29 is 4.74 Å². The number of fused-ring (bicyclic) bond motifs is 1. The van der Waals surface area contributed by atoms with E-state index in [1.165, 1.54) is 24.1 Å². The lowest BCUT2D eigenvalue weighted by molar-refractivity contribution is 0.0365. The van der Waals surface area contributed by atoms with Gasteiger partial charge in [-0.2, -0.15) is 4.98 Å². The number of hydrogen-bond donors (Lipinski definition) is 3. The zero-order chi connectivity index (χ0) is 16.4. The van der Waals surface area contributed by atoms with Crippen LogP contribution in [0, 0.1) is 0 Å². The molecule has 4 rings (SSSR count). The van der Waals surface area contributed by atoms with Gasteiger partial charge in [-0.05, 0) is 38.8 Å². The highest BCUT2D eigenvalue weighted by molar-refractivity contribution is 5.54. The first-order chi connectivity index (χ1) is 11.8. The minimum absolute atomic E-state index is 0.207. The Morgan fingerprint density at radius 2 is 2.12 bits per heavy atom. The average molecular weight is 332 g/mol. The molecule has 0 amide bonds. The molecular weight excluding hydrogens is 304 g/mol. The summed E-state index contributed by atoms with van der Waals surface area (Å²) < 4.78 is 5.85. The molecule has 1 saturated heterocycles. The third-order valence-corrected chi connectivity index (χ3v) is 5.00. The molecule has 24 heavy (non-hydrogen) atoms. The van der Waals surface area contributed by atoms with Gasteiger partial charge in [0.25, 0.3) is 0 Å². The zero-order valence-corrected chi connectivity index (χ0v) is 14.3. The second-order valence-electron chi connectivity index (χ2n) is 6.98. The summed E-state index contributed by atoms with van der Waals surface area (Å²) >= 11 is 0. The SMILES string of the molecule is NCC[C@H]1CN(c2nc(NC3CC3)nc3c2CCNCC3)CCO1. The average Bonchev–Trinajstić information content (AvgIpc) is 3.41. The number of aromatic nitrogens is 2. The van der Waals surface area contributed by atoms with E-state index in [2.05, 4.69) is 15.5 Å². The fraction of sp³-hybridized carbons (Fsp3) is 0.765. The van der Waals surface area contributed by atoms with Crippen LogP contribution < -0.4 is 21.3 Å². The molecule has 7 heteroatoms. The van der Waals surface area contributed by atoms with Crippen molar-refractivity contribution in [2.45, 2.75) is 44.2 Å². The van der Waals surface area contributed by atoms with E-state index < -0.39 is 0 Å². The summed E-state index contributed by atoms with van der Waals surface area (Å²) in [6.07, 6.45) is 5.53. The molecule has 7 nitrogen and oxygen atoms in total. The van der Waals surface area contributed by atoms with Gasteiger partial charge in [0.05, 0.1) is 18.4 Å². The summed E-state index contributed by atoms with van der Waals surface area (Å²) in [6.45, 7) is 5.16. The highest BCUT2D eigenvalue weighted by atomic mass is 16.5. The molecule has 0 aromatic carbocycles. The second-order valence-corrected chi connectivity index (χ2v) is 6.98. The lowest BCUT2D eigenvalue weighted by atomic mass is 10.1. The fourth-order valence-corrected chi connectivity index (χ4v) is 3.53. The zero-order valence-electron chi connectivity index (χ0n) is 14.3. The summed E-state index contributed by atoms with van der Waals surface area (Å²) in [5.74, 6) is 1.91. The Balaban J connectivity index is 1.63. The van der Waals surface area contributed by atoms with Crippen LogP contribution in [-0.2, 0) is 17.6 Å². The third-order valence-electron chi connectivity index (χ3n) is 5.00. The van der Waals surface area contributed by atoms with E-state index >= 15 is 0 Å². The second kappa shape index (κ2) is 7.21. The topological polar surface area (TPSA) is 88.3 Å². The Bertz CT molecular complexity index is 574. The molecular formula is C17H28N6O. The monoisotopic (exact) mass is 332 g/mol. The maximum atomic E-state index is 5.85. The Hall–Kier alpha value is -1.44. The third kappa shape index (κ3) is 3.63. The molecule has 3 aliphatic rings. The Labute approximate surface area is 143 Å². The molecule has 1 aliphatic carbocycles. The van der Waals surface area contributed by atoms with Crippen molar-refractivity contribution in [3.05, 3.63) is 11.3 Å². The van der Waals surface area contributed by atoms with Crippen molar-refractivity contribution in [3.8, 4) is 0 Å². The van der Waals surface area contributed by atoms with Crippen molar-refractivity contribution >= 4 is 11.8 Å². The number of hydrogen-bond acceptors (Lipinski definition) is 7.